The van der Waals surface area contributed by atoms with Crippen molar-refractivity contribution in [3.8, 4) is 11.5 Å². The zero-order valence-electron chi connectivity index (χ0n) is 15.4. The lowest BCUT2D eigenvalue weighted by Crippen LogP contribution is -2.18. The van der Waals surface area contributed by atoms with Crippen LogP contribution in [0.4, 0.5) is 5.69 Å². The van der Waals surface area contributed by atoms with Crippen molar-refractivity contribution in [1.29, 1.82) is 0 Å². The number of anilines is 1. The van der Waals surface area contributed by atoms with E-state index in [4.69, 9.17) is 9.47 Å². The normalized spacial score (nSPS) is 16.7. The molecule has 2 aromatic rings. The van der Waals surface area contributed by atoms with Gasteiger partial charge in [-0.15, -0.1) is 0 Å². The van der Waals surface area contributed by atoms with Crippen molar-refractivity contribution >= 4 is 5.69 Å². The summed E-state index contributed by atoms with van der Waals surface area (Å²) < 4.78 is 10.7. The topological polar surface area (TPSA) is 42.5 Å². The molecule has 1 atom stereocenters. The predicted molar refractivity (Wildman–Crippen MR) is 103 cm³/mol. The van der Waals surface area contributed by atoms with E-state index in [-0.39, 0.29) is 0 Å². The van der Waals surface area contributed by atoms with Gasteiger partial charge >= 0.3 is 0 Å². The first-order valence-electron chi connectivity index (χ1n) is 8.99. The minimum absolute atomic E-state index is 0.560. The van der Waals surface area contributed by atoms with Gasteiger partial charge in [-0.3, -0.25) is 0 Å². The van der Waals surface area contributed by atoms with Crippen molar-refractivity contribution in [2.75, 3.05) is 39.2 Å². The lowest BCUT2D eigenvalue weighted by Gasteiger charge is -2.15. The van der Waals surface area contributed by atoms with Crippen molar-refractivity contribution in [2.45, 2.75) is 25.7 Å². The van der Waals surface area contributed by atoms with Crippen LogP contribution in [0.1, 0.15) is 29.5 Å². The highest BCUT2D eigenvalue weighted by molar-refractivity contribution is 5.50. The lowest BCUT2D eigenvalue weighted by molar-refractivity contribution is 0.354. The Hall–Kier alpha value is -2.20. The van der Waals surface area contributed by atoms with Crippen LogP contribution in [-0.4, -0.2) is 33.9 Å². The maximum Gasteiger partial charge on any atom is 0.160 e. The fourth-order valence-electron chi connectivity index (χ4n) is 3.43. The van der Waals surface area contributed by atoms with Crippen molar-refractivity contribution < 1.29 is 9.47 Å². The third-order valence-corrected chi connectivity index (χ3v) is 4.89. The molecule has 0 saturated carbocycles. The molecular formula is C21H28N2O2. The van der Waals surface area contributed by atoms with Gasteiger partial charge in [-0.05, 0) is 66.3 Å². The summed E-state index contributed by atoms with van der Waals surface area (Å²) in [4.78, 5) is 0. The Morgan fingerprint density at radius 1 is 1.08 bits per heavy atom. The van der Waals surface area contributed by atoms with Gasteiger partial charge in [0.25, 0.3) is 0 Å². The van der Waals surface area contributed by atoms with E-state index < -0.39 is 0 Å². The standard InChI is InChI=1S/C21H28N2O2/c1-15-14-22-10-9-17-5-6-18(13-19(15)17)23-11-8-16-4-7-20(24-2)21(12-16)25-3/h4-7,12-13,15,22-23H,8-11,14H2,1-3H3. The molecule has 0 saturated heterocycles. The van der Waals surface area contributed by atoms with E-state index in [1.807, 2.05) is 12.1 Å². The summed E-state index contributed by atoms with van der Waals surface area (Å²) in [7, 11) is 3.33. The molecule has 0 aromatic heterocycles. The van der Waals surface area contributed by atoms with Crippen LogP contribution >= 0.6 is 0 Å². The van der Waals surface area contributed by atoms with Gasteiger partial charge in [0, 0.05) is 18.8 Å². The minimum Gasteiger partial charge on any atom is -0.493 e. The van der Waals surface area contributed by atoms with E-state index in [9.17, 15) is 0 Å². The second-order valence-corrected chi connectivity index (χ2v) is 6.63. The van der Waals surface area contributed by atoms with Gasteiger partial charge in [0.05, 0.1) is 14.2 Å². The maximum absolute atomic E-state index is 5.38. The number of nitrogens with one attached hydrogen (secondary N) is 2. The van der Waals surface area contributed by atoms with Crippen LogP contribution in [0.5, 0.6) is 11.5 Å². The van der Waals surface area contributed by atoms with Gasteiger partial charge in [0.1, 0.15) is 0 Å². The molecule has 4 heteroatoms. The summed E-state index contributed by atoms with van der Waals surface area (Å²) in [5.41, 5.74) is 5.38. The van der Waals surface area contributed by atoms with Gasteiger partial charge in [-0.1, -0.05) is 19.1 Å². The fraction of sp³-hybridized carbons (Fsp3) is 0.429. The summed E-state index contributed by atoms with van der Waals surface area (Å²) in [5, 5.41) is 7.06. The van der Waals surface area contributed by atoms with Crippen LogP contribution in [0.3, 0.4) is 0 Å². The molecule has 0 radical (unpaired) electrons. The van der Waals surface area contributed by atoms with Crippen LogP contribution in [0.15, 0.2) is 36.4 Å². The Balaban J connectivity index is 1.62. The molecule has 4 nitrogen and oxygen atoms in total. The highest BCUT2D eigenvalue weighted by Gasteiger charge is 2.14. The van der Waals surface area contributed by atoms with Crippen molar-refractivity contribution in [1.82, 2.24) is 5.32 Å². The number of fused-ring (bicyclic) bond motifs is 1. The van der Waals surface area contributed by atoms with Crippen molar-refractivity contribution in [2.24, 2.45) is 0 Å². The fourth-order valence-corrected chi connectivity index (χ4v) is 3.43. The van der Waals surface area contributed by atoms with Crippen LogP contribution in [0, 0.1) is 0 Å². The SMILES string of the molecule is COc1ccc(CCNc2ccc3c(c2)C(C)CNCC3)cc1OC. The molecule has 3 rings (SSSR count). The first-order valence-corrected chi connectivity index (χ1v) is 8.99. The lowest BCUT2D eigenvalue weighted by atomic mass is 9.95. The Morgan fingerprint density at radius 3 is 2.72 bits per heavy atom. The maximum atomic E-state index is 5.38. The number of rotatable bonds is 6. The van der Waals surface area contributed by atoms with Crippen molar-refractivity contribution in [3.63, 3.8) is 0 Å². The monoisotopic (exact) mass is 340 g/mol. The van der Waals surface area contributed by atoms with E-state index in [1.165, 1.54) is 22.4 Å². The van der Waals surface area contributed by atoms with E-state index in [0.717, 1.165) is 44.0 Å². The van der Waals surface area contributed by atoms with Crippen LogP contribution < -0.4 is 20.1 Å². The second-order valence-electron chi connectivity index (χ2n) is 6.63. The summed E-state index contributed by atoms with van der Waals surface area (Å²) in [6.45, 7) is 5.32. The first kappa shape index (κ1) is 17.6. The number of ether oxygens (including phenoxy) is 2. The molecule has 0 fully saturated rings. The van der Waals surface area contributed by atoms with Gasteiger partial charge in [-0.25, -0.2) is 0 Å². The molecule has 134 valence electrons. The average Bonchev–Trinajstić information content (AvgIpc) is 2.83. The third-order valence-electron chi connectivity index (χ3n) is 4.89. The highest BCUT2D eigenvalue weighted by atomic mass is 16.5. The molecule has 1 heterocycles. The average molecular weight is 340 g/mol. The molecule has 0 aliphatic carbocycles. The molecule has 0 spiro atoms. The second kappa shape index (κ2) is 8.26. The molecule has 0 bridgehead atoms. The van der Waals surface area contributed by atoms with Gasteiger partial charge in [-0.2, -0.15) is 0 Å². The molecule has 1 aliphatic rings. The quantitative estimate of drug-likeness (QED) is 0.843. The molecule has 0 amide bonds. The summed E-state index contributed by atoms with van der Waals surface area (Å²) in [6.07, 6.45) is 2.06. The Kier molecular flexibility index (Phi) is 5.82. The molecule has 25 heavy (non-hydrogen) atoms. The summed E-state index contributed by atoms with van der Waals surface area (Å²) in [6, 6.07) is 12.9. The molecule has 1 unspecified atom stereocenters. The van der Waals surface area contributed by atoms with Crippen LogP contribution in [-0.2, 0) is 12.8 Å². The molecule has 1 aliphatic heterocycles. The molecular weight excluding hydrogens is 312 g/mol. The van der Waals surface area contributed by atoms with E-state index >= 15 is 0 Å². The van der Waals surface area contributed by atoms with E-state index in [1.54, 1.807) is 14.2 Å². The van der Waals surface area contributed by atoms with Crippen molar-refractivity contribution in [3.05, 3.63) is 53.1 Å². The zero-order valence-corrected chi connectivity index (χ0v) is 15.4. The Morgan fingerprint density at radius 2 is 1.92 bits per heavy atom. The van der Waals surface area contributed by atoms with E-state index in [0.29, 0.717) is 5.92 Å². The van der Waals surface area contributed by atoms with Gasteiger partial charge in [0.15, 0.2) is 11.5 Å². The number of benzene rings is 2. The predicted octanol–water partition coefficient (Wildman–Crippen LogP) is 3.61. The highest BCUT2D eigenvalue weighted by Crippen LogP contribution is 2.28. The number of methoxy groups -OCH3 is 2. The Bertz CT molecular complexity index is 715. The Labute approximate surface area is 150 Å². The minimum atomic E-state index is 0.560. The summed E-state index contributed by atoms with van der Waals surface area (Å²) >= 11 is 0. The molecule has 2 aromatic carbocycles. The molecule has 2 N–H and O–H groups in total. The largest absolute Gasteiger partial charge is 0.493 e. The van der Waals surface area contributed by atoms with Gasteiger partial charge in [0.2, 0.25) is 0 Å². The first-order chi connectivity index (χ1) is 12.2. The number of hydrogen-bond donors (Lipinski definition) is 2. The number of hydrogen-bond acceptors (Lipinski definition) is 4. The zero-order chi connectivity index (χ0) is 17.6. The smallest absolute Gasteiger partial charge is 0.160 e. The van der Waals surface area contributed by atoms with E-state index in [2.05, 4.69) is 41.8 Å². The third kappa shape index (κ3) is 4.26. The van der Waals surface area contributed by atoms with Crippen LogP contribution in [0.2, 0.25) is 0 Å². The summed E-state index contributed by atoms with van der Waals surface area (Å²) in [5.74, 6) is 2.11. The van der Waals surface area contributed by atoms with Gasteiger partial charge < -0.3 is 20.1 Å². The van der Waals surface area contributed by atoms with Crippen LogP contribution in [0.25, 0.3) is 0 Å².